The maximum Gasteiger partial charge on any atom is 0.239 e. The van der Waals surface area contributed by atoms with Crippen molar-refractivity contribution in [3.63, 3.8) is 0 Å². The third kappa shape index (κ3) is 5.21. The third-order valence-corrected chi connectivity index (χ3v) is 2.75. The molecule has 0 radical (unpaired) electrons. The standard InChI is InChI=1S/C13H20N4OS/c1-9(2)6-16-12(18)8-17(3)11-5-4-10(7-15-11)13(14)19/h4-5,7,9H,6,8H2,1-3H3,(H2,14,19)(H,16,18). The Morgan fingerprint density at radius 2 is 2.21 bits per heavy atom. The number of nitrogens with one attached hydrogen (secondary N) is 1. The number of rotatable bonds is 6. The highest BCUT2D eigenvalue weighted by atomic mass is 32.1. The molecule has 1 aromatic heterocycles. The lowest BCUT2D eigenvalue weighted by Crippen LogP contribution is -2.37. The summed E-state index contributed by atoms with van der Waals surface area (Å²) in [6.45, 7) is 5.06. The summed E-state index contributed by atoms with van der Waals surface area (Å²) in [5, 5.41) is 2.86. The minimum atomic E-state index is -0.0172. The zero-order valence-electron chi connectivity index (χ0n) is 11.5. The second-order valence-electron chi connectivity index (χ2n) is 4.82. The average Bonchev–Trinajstić information content (AvgIpc) is 2.36. The van der Waals surface area contributed by atoms with E-state index in [0.717, 1.165) is 5.56 Å². The summed E-state index contributed by atoms with van der Waals surface area (Å²) >= 11 is 4.86. The zero-order valence-corrected chi connectivity index (χ0v) is 12.3. The topological polar surface area (TPSA) is 71.2 Å². The summed E-state index contributed by atoms with van der Waals surface area (Å²) < 4.78 is 0. The number of carbonyl (C=O) groups is 1. The van der Waals surface area contributed by atoms with Crippen molar-refractivity contribution in [3.05, 3.63) is 23.9 Å². The summed E-state index contributed by atoms with van der Waals surface area (Å²) in [5.74, 6) is 1.13. The van der Waals surface area contributed by atoms with E-state index < -0.39 is 0 Å². The zero-order chi connectivity index (χ0) is 14.4. The van der Waals surface area contributed by atoms with Crippen LogP contribution in [-0.4, -0.2) is 36.0 Å². The Morgan fingerprint density at radius 3 is 2.68 bits per heavy atom. The summed E-state index contributed by atoms with van der Waals surface area (Å²) in [5.41, 5.74) is 6.22. The minimum Gasteiger partial charge on any atom is -0.389 e. The molecule has 0 saturated carbocycles. The Kier molecular flexibility index (Phi) is 5.69. The van der Waals surface area contributed by atoms with Gasteiger partial charge < -0.3 is 16.0 Å². The van der Waals surface area contributed by atoms with Crippen molar-refractivity contribution in [2.75, 3.05) is 25.0 Å². The SMILES string of the molecule is CC(C)CNC(=O)CN(C)c1ccc(C(N)=S)cn1. The van der Waals surface area contributed by atoms with E-state index in [4.69, 9.17) is 18.0 Å². The first-order chi connectivity index (χ1) is 8.90. The molecular formula is C13H20N4OS. The summed E-state index contributed by atoms with van der Waals surface area (Å²) in [7, 11) is 1.82. The molecule has 0 aliphatic rings. The molecule has 0 bridgehead atoms. The third-order valence-electron chi connectivity index (χ3n) is 2.51. The van der Waals surface area contributed by atoms with Crippen LogP contribution in [0.4, 0.5) is 5.82 Å². The molecule has 1 amide bonds. The molecule has 19 heavy (non-hydrogen) atoms. The van der Waals surface area contributed by atoms with Crippen molar-refractivity contribution in [2.45, 2.75) is 13.8 Å². The van der Waals surface area contributed by atoms with Crippen LogP contribution in [0.2, 0.25) is 0 Å². The highest BCUT2D eigenvalue weighted by Gasteiger charge is 2.09. The molecule has 1 rings (SSSR count). The van der Waals surface area contributed by atoms with Gasteiger partial charge >= 0.3 is 0 Å². The summed E-state index contributed by atoms with van der Waals surface area (Å²) in [4.78, 5) is 18.0. The smallest absolute Gasteiger partial charge is 0.239 e. The first-order valence-corrected chi connectivity index (χ1v) is 6.54. The van der Waals surface area contributed by atoms with Gasteiger partial charge in [-0.3, -0.25) is 4.79 Å². The molecule has 0 aliphatic carbocycles. The fourth-order valence-electron chi connectivity index (χ4n) is 1.43. The van der Waals surface area contributed by atoms with Crippen LogP contribution in [0.15, 0.2) is 18.3 Å². The van der Waals surface area contributed by atoms with Gasteiger partial charge in [-0.25, -0.2) is 4.98 Å². The largest absolute Gasteiger partial charge is 0.389 e. The van der Waals surface area contributed by atoms with Gasteiger partial charge in [-0.1, -0.05) is 26.1 Å². The number of thiocarbonyl (C=S) groups is 1. The fraction of sp³-hybridized carbons (Fsp3) is 0.462. The molecule has 3 N–H and O–H groups in total. The second-order valence-corrected chi connectivity index (χ2v) is 5.26. The van der Waals surface area contributed by atoms with Crippen molar-refractivity contribution in [1.82, 2.24) is 10.3 Å². The number of hydrogen-bond acceptors (Lipinski definition) is 4. The molecule has 6 heteroatoms. The first-order valence-electron chi connectivity index (χ1n) is 6.14. The number of anilines is 1. The molecule has 0 aromatic carbocycles. The van der Waals surface area contributed by atoms with Gasteiger partial charge in [0.15, 0.2) is 0 Å². The lowest BCUT2D eigenvalue weighted by molar-refractivity contribution is -0.119. The molecule has 1 heterocycles. The van der Waals surface area contributed by atoms with Crippen molar-refractivity contribution in [1.29, 1.82) is 0 Å². The van der Waals surface area contributed by atoms with Gasteiger partial charge in [0.1, 0.15) is 10.8 Å². The van der Waals surface area contributed by atoms with E-state index in [0.29, 0.717) is 23.3 Å². The van der Waals surface area contributed by atoms with E-state index in [-0.39, 0.29) is 12.5 Å². The average molecular weight is 280 g/mol. The molecule has 0 atom stereocenters. The van der Waals surface area contributed by atoms with Gasteiger partial charge in [0, 0.05) is 25.4 Å². The second kappa shape index (κ2) is 7.04. The van der Waals surface area contributed by atoms with Crippen molar-refractivity contribution in [2.24, 2.45) is 11.7 Å². The lowest BCUT2D eigenvalue weighted by atomic mass is 10.2. The Labute approximate surface area is 119 Å². The Morgan fingerprint density at radius 1 is 1.53 bits per heavy atom. The highest BCUT2D eigenvalue weighted by molar-refractivity contribution is 7.80. The number of carbonyl (C=O) groups excluding carboxylic acids is 1. The predicted molar refractivity (Wildman–Crippen MR) is 81.2 cm³/mol. The summed E-state index contributed by atoms with van der Waals surface area (Å²) in [6, 6.07) is 3.59. The fourth-order valence-corrected chi connectivity index (χ4v) is 1.55. The van der Waals surface area contributed by atoms with Crippen LogP contribution < -0.4 is 16.0 Å². The van der Waals surface area contributed by atoms with E-state index in [9.17, 15) is 4.79 Å². The van der Waals surface area contributed by atoms with Gasteiger partial charge in [0.05, 0.1) is 6.54 Å². The van der Waals surface area contributed by atoms with Crippen LogP contribution in [0.1, 0.15) is 19.4 Å². The van der Waals surface area contributed by atoms with Gasteiger partial charge in [0.25, 0.3) is 0 Å². The number of pyridine rings is 1. The van der Waals surface area contributed by atoms with Crippen molar-refractivity contribution in [3.8, 4) is 0 Å². The number of aromatic nitrogens is 1. The maximum absolute atomic E-state index is 11.7. The molecule has 0 spiro atoms. The van der Waals surface area contributed by atoms with Crippen LogP contribution in [0, 0.1) is 5.92 Å². The summed E-state index contributed by atoms with van der Waals surface area (Å²) in [6.07, 6.45) is 1.61. The number of amides is 1. The molecule has 0 saturated heterocycles. The number of likely N-dealkylation sites (N-methyl/N-ethyl adjacent to an activating group) is 1. The quantitative estimate of drug-likeness (QED) is 0.758. The van der Waals surface area contributed by atoms with Crippen LogP contribution in [0.5, 0.6) is 0 Å². The molecule has 104 valence electrons. The molecule has 0 fully saturated rings. The van der Waals surface area contributed by atoms with Gasteiger partial charge in [-0.15, -0.1) is 0 Å². The van der Waals surface area contributed by atoms with Crippen LogP contribution in [0.25, 0.3) is 0 Å². The minimum absolute atomic E-state index is 0.0172. The van der Waals surface area contributed by atoms with E-state index in [1.54, 1.807) is 23.2 Å². The normalized spacial score (nSPS) is 10.3. The number of hydrogen-bond donors (Lipinski definition) is 2. The number of nitrogens with zero attached hydrogens (tertiary/aromatic N) is 2. The van der Waals surface area contributed by atoms with Crippen LogP contribution in [-0.2, 0) is 4.79 Å². The van der Waals surface area contributed by atoms with Crippen LogP contribution >= 0.6 is 12.2 Å². The molecule has 0 aliphatic heterocycles. The van der Waals surface area contributed by atoms with E-state index in [1.807, 2.05) is 7.05 Å². The van der Waals surface area contributed by atoms with Gasteiger partial charge in [0.2, 0.25) is 5.91 Å². The lowest BCUT2D eigenvalue weighted by Gasteiger charge is -2.18. The predicted octanol–water partition coefficient (Wildman–Crippen LogP) is 0.924. The monoisotopic (exact) mass is 280 g/mol. The Balaban J connectivity index is 2.55. The van der Waals surface area contributed by atoms with Crippen molar-refractivity contribution >= 4 is 28.9 Å². The maximum atomic E-state index is 11.7. The Hall–Kier alpha value is -1.69. The van der Waals surface area contributed by atoms with E-state index in [1.165, 1.54) is 0 Å². The van der Waals surface area contributed by atoms with Crippen molar-refractivity contribution < 1.29 is 4.79 Å². The molecule has 0 unspecified atom stereocenters. The Bertz CT molecular complexity index is 444. The molecule has 1 aromatic rings. The van der Waals surface area contributed by atoms with Crippen LogP contribution in [0.3, 0.4) is 0 Å². The highest BCUT2D eigenvalue weighted by Crippen LogP contribution is 2.09. The molecule has 5 nitrogen and oxygen atoms in total. The number of nitrogens with two attached hydrogens (primary N) is 1. The van der Waals surface area contributed by atoms with E-state index >= 15 is 0 Å². The van der Waals surface area contributed by atoms with E-state index in [2.05, 4.69) is 24.1 Å². The first kappa shape index (κ1) is 15.4. The van der Waals surface area contributed by atoms with Gasteiger partial charge in [-0.05, 0) is 18.1 Å². The van der Waals surface area contributed by atoms with Gasteiger partial charge in [-0.2, -0.15) is 0 Å². The molecular weight excluding hydrogens is 260 g/mol.